The first-order chi connectivity index (χ1) is 64.3. The van der Waals surface area contributed by atoms with Crippen LogP contribution in [0.5, 0.6) is 0 Å². The van der Waals surface area contributed by atoms with Crippen LogP contribution >= 0.6 is 0 Å². The number of benzene rings is 12. The number of nitrogens with zero attached hydrogens (tertiary/aromatic N) is 20. The summed E-state index contributed by atoms with van der Waals surface area (Å²) in [7, 11) is 0. The van der Waals surface area contributed by atoms with E-state index in [0.29, 0.717) is 39.3 Å². The Bertz CT molecular complexity index is 5700. The van der Waals surface area contributed by atoms with Gasteiger partial charge in [-0.3, -0.25) is 9.80 Å². The maximum Gasteiger partial charge on any atom is 3.00 e. The van der Waals surface area contributed by atoms with Crippen LogP contribution in [0.1, 0.15) is 82.2 Å². The molecule has 0 aliphatic rings. The van der Waals surface area contributed by atoms with E-state index in [1.165, 1.54) is 33.4 Å². The summed E-state index contributed by atoms with van der Waals surface area (Å²) in [6.07, 6.45) is 0. The van der Waals surface area contributed by atoms with Gasteiger partial charge in [-0.2, -0.15) is 0 Å². The summed E-state index contributed by atoms with van der Waals surface area (Å²) in [5.74, 6) is 6.09. The third-order valence-electron chi connectivity index (χ3n) is 20.1. The van der Waals surface area contributed by atoms with Crippen molar-refractivity contribution in [3.8, 4) is 0 Å². The quantitative estimate of drug-likeness (QED) is 0.0359. The van der Waals surface area contributed by atoms with E-state index in [2.05, 4.69) is 365 Å². The van der Waals surface area contributed by atoms with Crippen molar-refractivity contribution in [2.45, 2.75) is 92.4 Å². The van der Waals surface area contributed by atoms with Gasteiger partial charge in [0.15, 0.2) is 0 Å². The smallest absolute Gasteiger partial charge is 0.382 e. The number of aromatic nitrogens is 12. The van der Waals surface area contributed by atoms with E-state index in [1.807, 2.05) is 13.8 Å². The predicted molar refractivity (Wildman–Crippen MR) is 502 cm³/mol. The number of fused-ring (bicyclic) bond motifs is 6. The molecule has 6 heterocycles. The maximum atomic E-state index is 8.25. The molecule has 6 aromatic heterocycles. The molecule has 18 aromatic rings. The minimum Gasteiger partial charge on any atom is -0.382 e. The molecule has 0 bridgehead atoms. The second-order valence-electron chi connectivity index (χ2n) is 28.9. The first-order valence-electron chi connectivity index (χ1n) is 41.1. The number of rotatable bonds is 26. The molecular formula is C94H88N20O19Sm2. The summed E-state index contributed by atoms with van der Waals surface area (Å²) in [5, 5.41) is 88.5. The summed E-state index contributed by atoms with van der Waals surface area (Å²) < 4.78 is 19.1. The van der Waals surface area contributed by atoms with Crippen LogP contribution in [0, 0.1) is 173 Å². The molecule has 0 fully saturated rings. The summed E-state index contributed by atoms with van der Waals surface area (Å²) in [6, 6.07) is 115. The Morgan fingerprint density at radius 1 is 0.215 bits per heavy atom. The van der Waals surface area contributed by atoms with E-state index in [9.17, 15) is 0 Å². The third-order valence-corrected chi connectivity index (χ3v) is 20.1. The molecule has 39 nitrogen and oxygen atoms in total. The van der Waals surface area contributed by atoms with E-state index in [0.717, 1.165) is 154 Å². The number of hydrogen-bond acceptors (Lipinski definition) is 27. The second kappa shape index (κ2) is 54.9. The van der Waals surface area contributed by atoms with Gasteiger partial charge < -0.3 is 124 Å². The molecule has 0 aliphatic carbocycles. The first-order valence-corrected chi connectivity index (χ1v) is 41.1. The second-order valence-corrected chi connectivity index (χ2v) is 28.9. The van der Waals surface area contributed by atoms with Crippen molar-refractivity contribution in [1.29, 1.82) is 0 Å². The molecule has 0 saturated carbocycles. The fourth-order valence-corrected chi connectivity index (χ4v) is 14.9. The zero-order chi connectivity index (χ0) is 95.0. The van der Waals surface area contributed by atoms with Crippen molar-refractivity contribution in [1.82, 2.24) is 67.1 Å². The van der Waals surface area contributed by atoms with Crippen LogP contribution in [0.25, 0.3) is 66.2 Å². The first kappa shape index (κ1) is 106. The molecule has 0 aliphatic heterocycles. The average molecular weight is 2100 g/mol. The summed E-state index contributed by atoms with van der Waals surface area (Å²) in [5.41, 5.74) is 20.3. The van der Waals surface area contributed by atoms with Crippen molar-refractivity contribution < 1.29 is 116 Å². The molecule has 0 saturated heterocycles. The van der Waals surface area contributed by atoms with Crippen LogP contribution in [-0.2, 0) is 83.3 Å². The Morgan fingerprint density at radius 3 is 0.452 bits per heavy atom. The van der Waals surface area contributed by atoms with Crippen molar-refractivity contribution in [3.63, 3.8) is 0 Å². The van der Waals surface area contributed by atoms with Gasteiger partial charge in [0, 0.05) is 52.5 Å². The summed E-state index contributed by atoms with van der Waals surface area (Å²) in [6.45, 7) is 13.8. The maximum absolute atomic E-state index is 8.25. The largest absolute Gasteiger partial charge is 3.00 e. The van der Waals surface area contributed by atoms with E-state index >= 15 is 0 Å². The van der Waals surface area contributed by atoms with Crippen molar-refractivity contribution >= 4 is 66.2 Å². The summed E-state index contributed by atoms with van der Waals surface area (Å²) >= 11 is 0. The molecule has 690 valence electrons. The van der Waals surface area contributed by atoms with Crippen LogP contribution in [0.3, 0.4) is 0 Å². The molecule has 0 unspecified atom stereocenters. The Morgan fingerprint density at radius 2 is 0.333 bits per heavy atom. The predicted octanol–water partition coefficient (Wildman–Crippen LogP) is 17.8. The van der Waals surface area contributed by atoms with Gasteiger partial charge in [-0.1, -0.05) is 255 Å². The van der Waals surface area contributed by atoms with E-state index < -0.39 is 30.5 Å². The van der Waals surface area contributed by atoms with E-state index in [4.69, 9.17) is 127 Å². The third kappa shape index (κ3) is 33.5. The topological polar surface area (TPSA) is 520 Å². The SMILES string of the molecule is CCOCC.O=[N+]([O-])[O-].O=[N+]([O-])[O-].O=[N+]([O-])[O-].O=[N+]([O-])[O-].O=[N+]([O-])[O-].O=[N+]([O-])[O-].[Sm+3].[Sm+3].c1ccc(Cn2c(CN(Cc3nc4ccccc4n3Cc3ccccc3)Cc3nc4ccccc4n3Cc3ccccc3)nc3ccccc32)cc1.c1ccc(Cn2c(CN(Cc3nc4ccccc4n3Cc3ccccc3)Cc3nc4ccccc4n3Cc3ccccc3)nc3ccccc32)cc1. The van der Waals surface area contributed by atoms with Crippen molar-refractivity contribution in [2.75, 3.05) is 13.2 Å². The Kier molecular flexibility index (Phi) is 42.9. The van der Waals surface area contributed by atoms with Crippen LogP contribution < -0.4 is 0 Å². The number of para-hydroxylation sites is 12. The molecule has 41 heteroatoms. The molecule has 0 N–H and O–H groups in total. The Balaban J connectivity index is 0.000000255. The van der Waals surface area contributed by atoms with Crippen LogP contribution in [-0.4, -0.2) is 111 Å². The normalized spacial score (nSPS) is 10.4. The zero-order valence-electron chi connectivity index (χ0n) is 72.6. The molecule has 0 spiro atoms. The fourth-order valence-electron chi connectivity index (χ4n) is 14.9. The van der Waals surface area contributed by atoms with E-state index in [1.54, 1.807) is 0 Å². The number of hydrogen-bond donors (Lipinski definition) is 0. The van der Waals surface area contributed by atoms with Gasteiger partial charge in [-0.25, -0.2) is 29.9 Å². The molecular weight excluding hydrogens is 2010 g/mol. The van der Waals surface area contributed by atoms with Gasteiger partial charge >= 0.3 is 80.8 Å². The van der Waals surface area contributed by atoms with Crippen molar-refractivity contribution in [3.05, 3.63) is 488 Å². The number of ether oxygens (including phenoxy) is 1. The standard InChI is InChI=1S/2C45H39N7.C4H10O.6NO3.2Sm/c2*1-4-16-34(17-5-1)28-50-40-25-13-10-22-37(40)46-43(50)31-49(32-44-47-38-23-11-14-26-41(38)51(44)29-35-18-6-2-7-19-35)33-45-48-39-24-12-15-27-42(39)52(45)30-36-20-8-3-9-21-36;1-3-5-4-2;6*2-1(3)4;;/h2*1-27H,28-33H2;3-4H2,1-2H3;;;;;;;;/q;;;6*-1;2*+3. The van der Waals surface area contributed by atoms with Crippen LogP contribution in [0.4, 0.5) is 0 Å². The molecule has 2 radical (unpaired) electrons. The molecule has 0 atom stereocenters. The molecule has 0 amide bonds. The zero-order valence-corrected chi connectivity index (χ0v) is 77.8. The monoisotopic (exact) mass is 2100 g/mol. The van der Waals surface area contributed by atoms with Gasteiger partial charge in [0.25, 0.3) is 0 Å². The minimum absolute atomic E-state index is 0. The van der Waals surface area contributed by atoms with Gasteiger partial charge in [0.2, 0.25) is 0 Å². The molecule has 135 heavy (non-hydrogen) atoms. The number of imidazole rings is 6. The van der Waals surface area contributed by atoms with Gasteiger partial charge in [0.1, 0.15) is 34.9 Å². The van der Waals surface area contributed by atoms with Crippen LogP contribution in [0.15, 0.2) is 328 Å². The van der Waals surface area contributed by atoms with Gasteiger partial charge in [-0.15, -0.1) is 0 Å². The van der Waals surface area contributed by atoms with Crippen molar-refractivity contribution in [2.24, 2.45) is 0 Å². The minimum atomic E-state index is -1.75. The van der Waals surface area contributed by atoms with Gasteiger partial charge in [-0.05, 0) is 120 Å². The average Bonchev–Trinajstić information content (AvgIpc) is 1.63. The molecule has 12 aromatic carbocycles. The Hall–Kier alpha value is -14.8. The van der Waals surface area contributed by atoms with Crippen LogP contribution in [0.2, 0.25) is 0 Å². The summed E-state index contributed by atoms with van der Waals surface area (Å²) in [4.78, 5) is 86.0. The molecule has 18 rings (SSSR count). The van der Waals surface area contributed by atoms with E-state index in [-0.39, 0.29) is 80.8 Å². The Labute approximate surface area is 835 Å². The van der Waals surface area contributed by atoms with Gasteiger partial charge in [0.05, 0.1) is 136 Å². The fraction of sp³-hybridized carbons (Fsp3) is 0.170.